The van der Waals surface area contributed by atoms with Crippen LogP contribution in [0.15, 0.2) is 0 Å². The molecule has 0 radical (unpaired) electrons. The number of hydrogen-bond donors (Lipinski definition) is 0. The van der Waals surface area contributed by atoms with Gasteiger partial charge in [0, 0.05) is 12.2 Å². The average molecular weight is 727 g/mol. The molecule has 0 saturated heterocycles. The fourth-order valence-corrected chi connectivity index (χ4v) is 9.91. The summed E-state index contributed by atoms with van der Waals surface area (Å²) >= 11 is -0.826. The first-order chi connectivity index (χ1) is 17.9. The van der Waals surface area contributed by atoms with Gasteiger partial charge in [0.2, 0.25) is 0 Å². The molecule has 8 atom stereocenters. The first-order valence-electron chi connectivity index (χ1n) is 15.8. The molecule has 0 aromatic carbocycles. The van der Waals surface area contributed by atoms with Crippen LogP contribution in [0.2, 0.25) is 36.3 Å². The molecule has 41 heavy (non-hydrogen) atoms. The van der Waals surface area contributed by atoms with Gasteiger partial charge in [0.1, 0.15) is 0 Å². The van der Waals surface area contributed by atoms with E-state index in [-0.39, 0.29) is 14.9 Å². The molecule has 0 heterocycles. The Kier molecular flexibility index (Phi) is 18.4. The quantitative estimate of drug-likeness (QED) is 0.212. The molecule has 8 unspecified atom stereocenters. The van der Waals surface area contributed by atoms with Gasteiger partial charge < -0.3 is 37.6 Å². The topological polar surface area (TPSA) is 18.5 Å². The van der Waals surface area contributed by atoms with Gasteiger partial charge in [-0.05, 0) is 60.9 Å². The van der Waals surface area contributed by atoms with Crippen molar-refractivity contribution in [1.82, 2.24) is 0 Å². The van der Waals surface area contributed by atoms with E-state index in [9.17, 15) is 0 Å². The van der Waals surface area contributed by atoms with Crippen LogP contribution in [0, 0.1) is 64.2 Å². The average Bonchev–Trinajstić information content (AvgIpc) is 3.29. The van der Waals surface area contributed by atoms with Gasteiger partial charge >= 0.3 is 37.9 Å². The van der Waals surface area contributed by atoms with Crippen LogP contribution in [0.25, 0.3) is 0 Å². The van der Waals surface area contributed by atoms with E-state index in [2.05, 4.69) is 81.6 Å². The van der Waals surface area contributed by atoms with E-state index in [1.807, 2.05) is 0 Å². The molecule has 0 aliphatic heterocycles. The van der Waals surface area contributed by atoms with Crippen molar-refractivity contribution in [2.75, 3.05) is 0 Å². The van der Waals surface area contributed by atoms with E-state index in [0.29, 0.717) is 34.1 Å². The second kappa shape index (κ2) is 17.7. The Morgan fingerprint density at radius 2 is 0.829 bits per heavy atom. The van der Waals surface area contributed by atoms with Crippen LogP contribution < -0.4 is 0 Å². The van der Waals surface area contributed by atoms with Gasteiger partial charge in [-0.15, -0.1) is 0 Å². The summed E-state index contributed by atoms with van der Waals surface area (Å²) in [5.41, 5.74) is 0. The molecule has 0 aromatic rings. The molecule has 4 rings (SSSR count). The van der Waals surface area contributed by atoms with E-state index in [1.165, 1.54) is 64.2 Å². The number of rotatable bonds is 4. The third kappa shape index (κ3) is 11.5. The van der Waals surface area contributed by atoms with Crippen LogP contribution in [-0.4, -0.2) is 28.8 Å². The number of fused-ring (bicyclic) bond motifs is 2. The molecular formula is C34H68Cl2O2Si2Zr-4. The molecule has 4 aliphatic carbocycles. The van der Waals surface area contributed by atoms with Gasteiger partial charge in [-0.1, -0.05) is 105 Å². The SMILES string of the molecule is [CH2-]C1CC(O[Si](C)(C)C(C)(C)C)C2CCCCC12.[CH2-]C1CC(O[Si](C)(C)C(C)(C)C)C2CCCCC12.[CH3-].[CH3-].[Cl][Zr][Cl]. The van der Waals surface area contributed by atoms with Crippen LogP contribution in [0.5, 0.6) is 0 Å². The summed E-state index contributed by atoms with van der Waals surface area (Å²) in [4.78, 5) is 0. The summed E-state index contributed by atoms with van der Waals surface area (Å²) in [6.45, 7) is 32.4. The van der Waals surface area contributed by atoms with Gasteiger partial charge in [0.05, 0.1) is 0 Å². The monoisotopic (exact) mass is 724 g/mol. The first-order valence-corrected chi connectivity index (χ1v) is 28.0. The summed E-state index contributed by atoms with van der Waals surface area (Å²) in [6, 6.07) is 0. The molecule has 0 amide bonds. The van der Waals surface area contributed by atoms with Crippen molar-refractivity contribution in [1.29, 1.82) is 0 Å². The second-order valence-corrected chi connectivity index (χ2v) is 29.4. The van der Waals surface area contributed by atoms with Crippen molar-refractivity contribution >= 4 is 33.7 Å². The Morgan fingerprint density at radius 1 is 0.585 bits per heavy atom. The third-order valence-corrected chi connectivity index (χ3v) is 20.5. The molecule has 0 N–H and O–H groups in total. The summed E-state index contributed by atoms with van der Waals surface area (Å²) < 4.78 is 13.4. The Labute approximate surface area is 279 Å². The fourth-order valence-electron chi connectivity index (χ4n) is 7.15. The standard InChI is InChI=1S/2C16H31OSi.2CH3.2ClH.Zr/c2*1-12-11-15(14-10-8-7-9-13(12)14)17-18(5,6)16(2,3)4;;;;;/h2*12-15H,1,7-11H2,2-6H3;2*1H3;2*1H;/q4*-1;;;+2/p-2. The second-order valence-electron chi connectivity index (χ2n) is 16.1. The van der Waals surface area contributed by atoms with Gasteiger partial charge in [-0.25, -0.2) is 0 Å². The molecule has 7 heteroatoms. The number of hydrogen-bond acceptors (Lipinski definition) is 2. The minimum absolute atomic E-state index is 0. The van der Waals surface area contributed by atoms with Crippen LogP contribution in [0.1, 0.15) is 106 Å². The molecule has 0 aromatic heterocycles. The molecular weight excluding hydrogens is 659 g/mol. The fraction of sp³-hybridized carbons (Fsp3) is 0.882. The van der Waals surface area contributed by atoms with Crippen molar-refractivity contribution < 1.29 is 29.7 Å². The molecule has 4 saturated carbocycles. The Morgan fingerprint density at radius 3 is 1.07 bits per heavy atom. The van der Waals surface area contributed by atoms with Crippen LogP contribution in [-0.2, 0) is 29.7 Å². The van der Waals surface area contributed by atoms with Crippen molar-refractivity contribution in [2.24, 2.45) is 35.5 Å². The molecule has 246 valence electrons. The zero-order valence-corrected chi connectivity index (χ0v) is 35.1. The molecule has 2 nitrogen and oxygen atoms in total. The number of halogens is 2. The van der Waals surface area contributed by atoms with E-state index >= 15 is 0 Å². The Hall–Kier alpha value is 1.82. The van der Waals surface area contributed by atoms with Crippen LogP contribution >= 0.6 is 17.0 Å². The van der Waals surface area contributed by atoms with Crippen molar-refractivity contribution in [3.8, 4) is 0 Å². The Balaban J connectivity index is 0.000000682. The molecule has 4 fully saturated rings. The van der Waals surface area contributed by atoms with E-state index in [1.54, 1.807) is 0 Å². The van der Waals surface area contributed by atoms with Crippen LogP contribution in [0.4, 0.5) is 0 Å². The van der Waals surface area contributed by atoms with Crippen molar-refractivity contribution in [3.63, 3.8) is 0 Å². The first kappa shape index (κ1) is 42.8. The minimum atomic E-state index is -1.60. The van der Waals surface area contributed by atoms with Gasteiger partial charge in [0.25, 0.3) is 0 Å². The zero-order valence-electron chi connectivity index (χ0n) is 29.2. The van der Waals surface area contributed by atoms with E-state index in [4.69, 9.17) is 25.9 Å². The Bertz CT molecular complexity index is 677. The third-order valence-electron chi connectivity index (χ3n) is 11.5. The summed E-state index contributed by atoms with van der Waals surface area (Å²) in [5.74, 6) is 4.63. The summed E-state index contributed by atoms with van der Waals surface area (Å²) in [7, 11) is 6.66. The predicted octanol–water partition coefficient (Wildman–Crippen LogP) is 12.4. The molecule has 0 spiro atoms. The predicted molar refractivity (Wildman–Crippen MR) is 186 cm³/mol. The van der Waals surface area contributed by atoms with Crippen LogP contribution in [0.3, 0.4) is 0 Å². The molecule has 4 aliphatic rings. The maximum atomic E-state index is 6.70. The van der Waals surface area contributed by atoms with E-state index in [0.717, 1.165) is 23.7 Å². The van der Waals surface area contributed by atoms with Gasteiger partial charge in [-0.2, -0.15) is 11.8 Å². The summed E-state index contributed by atoms with van der Waals surface area (Å²) in [5, 5.41) is 0.660. The normalized spacial score (nSPS) is 33.4. The molecule has 0 bridgehead atoms. The van der Waals surface area contributed by atoms with Crippen molar-refractivity contribution in [3.05, 3.63) is 28.7 Å². The summed E-state index contributed by atoms with van der Waals surface area (Å²) in [6.07, 6.45) is 14.7. The maximum absolute atomic E-state index is 6.70. The van der Waals surface area contributed by atoms with Gasteiger partial charge in [0.15, 0.2) is 16.6 Å². The zero-order chi connectivity index (χ0) is 29.8. The van der Waals surface area contributed by atoms with Gasteiger partial charge in [-0.3, -0.25) is 0 Å². The van der Waals surface area contributed by atoms with E-state index < -0.39 is 37.5 Å². The van der Waals surface area contributed by atoms with Crippen molar-refractivity contribution in [2.45, 2.75) is 154 Å².